The molecular formula is C24H25ClN4O4. The van der Waals surface area contributed by atoms with Gasteiger partial charge >= 0.3 is 5.69 Å². The van der Waals surface area contributed by atoms with E-state index in [0.29, 0.717) is 17.1 Å². The van der Waals surface area contributed by atoms with Crippen LogP contribution in [0.2, 0.25) is 5.02 Å². The van der Waals surface area contributed by atoms with Gasteiger partial charge in [-0.15, -0.1) is 0 Å². The van der Waals surface area contributed by atoms with Crippen LogP contribution in [0.1, 0.15) is 30.1 Å². The van der Waals surface area contributed by atoms with Crippen LogP contribution in [0, 0.1) is 0 Å². The Hall–Kier alpha value is -3.23. The lowest BCUT2D eigenvalue weighted by Crippen LogP contribution is -2.42. The van der Waals surface area contributed by atoms with Gasteiger partial charge in [0.25, 0.3) is 5.56 Å². The number of carbonyl (C=O) groups excluding carboxylic acids is 2. The molecule has 3 aromatic rings. The van der Waals surface area contributed by atoms with Crippen molar-refractivity contribution in [2.45, 2.75) is 26.3 Å². The summed E-state index contributed by atoms with van der Waals surface area (Å²) in [5.74, 6) is -0.518. The normalized spacial score (nSPS) is 14.0. The number of amides is 1. The number of fused-ring (bicyclic) bond motifs is 1. The molecule has 1 aliphatic rings. The Balaban J connectivity index is 1.73. The van der Waals surface area contributed by atoms with E-state index in [0.717, 1.165) is 24.2 Å². The van der Waals surface area contributed by atoms with Gasteiger partial charge in [0.05, 0.1) is 16.6 Å². The summed E-state index contributed by atoms with van der Waals surface area (Å²) in [6.07, 6.45) is 2.34. The zero-order valence-corrected chi connectivity index (χ0v) is 19.1. The first-order valence-corrected chi connectivity index (χ1v) is 11.3. The van der Waals surface area contributed by atoms with Crippen LogP contribution in [0.5, 0.6) is 0 Å². The molecule has 1 saturated heterocycles. The van der Waals surface area contributed by atoms with Gasteiger partial charge in [-0.25, -0.2) is 9.36 Å². The molecule has 1 aromatic heterocycles. The van der Waals surface area contributed by atoms with E-state index in [1.807, 2.05) is 0 Å². The molecule has 4 rings (SSSR count). The van der Waals surface area contributed by atoms with E-state index in [-0.39, 0.29) is 34.8 Å². The minimum atomic E-state index is -0.676. The monoisotopic (exact) mass is 468 g/mol. The van der Waals surface area contributed by atoms with E-state index in [4.69, 9.17) is 11.6 Å². The maximum absolute atomic E-state index is 13.4. The van der Waals surface area contributed by atoms with Crippen molar-refractivity contribution < 1.29 is 9.59 Å². The molecule has 0 aliphatic carbocycles. The number of hydrogen-bond donors (Lipinski definition) is 1. The van der Waals surface area contributed by atoms with Crippen LogP contribution >= 0.6 is 11.6 Å². The fourth-order valence-electron chi connectivity index (χ4n) is 4.14. The number of hydrogen-bond acceptors (Lipinski definition) is 5. The molecule has 2 aromatic carbocycles. The highest BCUT2D eigenvalue weighted by Gasteiger charge is 2.18. The molecule has 1 N–H and O–H groups in total. The zero-order valence-electron chi connectivity index (χ0n) is 18.3. The van der Waals surface area contributed by atoms with Gasteiger partial charge in [0, 0.05) is 23.7 Å². The van der Waals surface area contributed by atoms with Gasteiger partial charge in [0.2, 0.25) is 5.91 Å². The predicted octanol–water partition coefficient (Wildman–Crippen LogP) is 2.22. The molecule has 1 amide bonds. The summed E-state index contributed by atoms with van der Waals surface area (Å²) in [4.78, 5) is 53.4. The Kier molecular flexibility index (Phi) is 6.76. The quantitative estimate of drug-likeness (QED) is 0.537. The van der Waals surface area contributed by atoms with Crippen molar-refractivity contribution in [1.82, 2.24) is 19.4 Å². The number of Topliss-reactive ketones (excluding diaryl/α,β-unsaturated/α-hetero) is 1. The molecule has 0 bridgehead atoms. The molecule has 0 atom stereocenters. The van der Waals surface area contributed by atoms with Crippen LogP contribution in [0.25, 0.3) is 16.6 Å². The number of likely N-dealkylation sites (tertiary alicyclic amines) is 1. The van der Waals surface area contributed by atoms with Gasteiger partial charge in [-0.1, -0.05) is 23.7 Å². The van der Waals surface area contributed by atoms with Crippen LogP contribution in [0.3, 0.4) is 0 Å². The van der Waals surface area contributed by atoms with Crippen molar-refractivity contribution in [1.29, 1.82) is 0 Å². The predicted molar refractivity (Wildman–Crippen MR) is 128 cm³/mol. The average molecular weight is 469 g/mol. The molecule has 1 aliphatic heterocycles. The fourth-order valence-corrected chi connectivity index (χ4v) is 4.31. The molecule has 0 radical (unpaired) electrons. The minimum absolute atomic E-state index is 0.185. The highest BCUT2D eigenvalue weighted by atomic mass is 35.5. The highest BCUT2D eigenvalue weighted by Crippen LogP contribution is 2.17. The number of nitrogens with zero attached hydrogens (tertiary/aromatic N) is 3. The standard InChI is InChI=1S/C24H25ClN4O4/c1-16(30)17-5-4-6-19(13-17)29-23(32)20-8-7-18(25)14-21(20)28(24(29)33)15-22(31)26-9-12-27-10-2-3-11-27/h4-8,13-14H,2-3,9-12,15H2,1H3,(H,26,31). The summed E-state index contributed by atoms with van der Waals surface area (Å²) >= 11 is 6.13. The highest BCUT2D eigenvalue weighted by molar-refractivity contribution is 6.31. The molecule has 0 unspecified atom stereocenters. The molecule has 172 valence electrons. The van der Waals surface area contributed by atoms with Gasteiger partial charge in [-0.05, 0) is 63.2 Å². The summed E-state index contributed by atoms with van der Waals surface area (Å²) < 4.78 is 2.23. The van der Waals surface area contributed by atoms with Crippen molar-refractivity contribution in [2.75, 3.05) is 26.2 Å². The number of nitrogens with one attached hydrogen (secondary N) is 1. The molecule has 9 heteroatoms. The first kappa shape index (κ1) is 22.9. The van der Waals surface area contributed by atoms with Crippen molar-refractivity contribution in [3.05, 3.63) is 73.9 Å². The molecule has 0 saturated carbocycles. The Labute approximate surface area is 195 Å². The first-order chi connectivity index (χ1) is 15.8. The molecule has 0 spiro atoms. The summed E-state index contributed by atoms with van der Waals surface area (Å²) in [7, 11) is 0. The summed E-state index contributed by atoms with van der Waals surface area (Å²) in [5, 5.41) is 3.45. The molecule has 2 heterocycles. The van der Waals surface area contributed by atoms with Gasteiger partial charge in [-0.2, -0.15) is 0 Å². The number of rotatable bonds is 7. The van der Waals surface area contributed by atoms with E-state index in [1.54, 1.807) is 24.3 Å². The lowest BCUT2D eigenvalue weighted by molar-refractivity contribution is -0.121. The number of halogens is 1. The third-order valence-electron chi connectivity index (χ3n) is 5.87. The average Bonchev–Trinajstić information content (AvgIpc) is 3.30. The summed E-state index contributed by atoms with van der Waals surface area (Å²) in [5.41, 5.74) is -0.298. The van der Waals surface area contributed by atoms with E-state index in [9.17, 15) is 19.2 Å². The number of benzene rings is 2. The van der Waals surface area contributed by atoms with E-state index in [2.05, 4.69) is 10.2 Å². The summed E-state index contributed by atoms with van der Waals surface area (Å²) in [6.45, 7) is 4.44. The lowest BCUT2D eigenvalue weighted by Gasteiger charge is -2.16. The SMILES string of the molecule is CC(=O)c1cccc(-n2c(=O)c3ccc(Cl)cc3n(CC(=O)NCCN3CCCC3)c2=O)c1. The van der Waals surface area contributed by atoms with E-state index >= 15 is 0 Å². The molecule has 33 heavy (non-hydrogen) atoms. The molecule has 1 fully saturated rings. The Bertz CT molecular complexity index is 1340. The Morgan fingerprint density at radius 3 is 2.55 bits per heavy atom. The van der Waals surface area contributed by atoms with Crippen molar-refractivity contribution in [3.8, 4) is 5.69 Å². The number of ketones is 1. The van der Waals surface area contributed by atoms with Gasteiger partial charge in [-0.3, -0.25) is 19.0 Å². The van der Waals surface area contributed by atoms with Gasteiger partial charge in [0.15, 0.2) is 5.78 Å². The van der Waals surface area contributed by atoms with E-state index < -0.39 is 11.2 Å². The van der Waals surface area contributed by atoms with Crippen LogP contribution in [-0.2, 0) is 11.3 Å². The fraction of sp³-hybridized carbons (Fsp3) is 0.333. The first-order valence-electron chi connectivity index (χ1n) is 10.9. The second kappa shape index (κ2) is 9.72. The Morgan fingerprint density at radius 1 is 1.06 bits per heavy atom. The summed E-state index contributed by atoms with van der Waals surface area (Å²) in [6, 6.07) is 10.9. The smallest absolute Gasteiger partial charge is 0.336 e. The maximum Gasteiger partial charge on any atom is 0.336 e. The second-order valence-electron chi connectivity index (χ2n) is 8.18. The minimum Gasteiger partial charge on any atom is -0.353 e. The largest absolute Gasteiger partial charge is 0.353 e. The van der Waals surface area contributed by atoms with Crippen molar-refractivity contribution in [3.63, 3.8) is 0 Å². The van der Waals surface area contributed by atoms with Crippen LogP contribution < -0.4 is 16.6 Å². The lowest BCUT2D eigenvalue weighted by atomic mass is 10.1. The number of aromatic nitrogens is 2. The maximum atomic E-state index is 13.4. The topological polar surface area (TPSA) is 93.4 Å². The van der Waals surface area contributed by atoms with Crippen molar-refractivity contribution in [2.24, 2.45) is 0 Å². The Morgan fingerprint density at radius 2 is 1.82 bits per heavy atom. The number of carbonyl (C=O) groups is 2. The van der Waals surface area contributed by atoms with E-state index in [1.165, 1.54) is 42.5 Å². The zero-order chi connectivity index (χ0) is 23.5. The third kappa shape index (κ3) is 4.91. The molecule has 8 nitrogen and oxygen atoms in total. The van der Waals surface area contributed by atoms with Gasteiger partial charge in [0.1, 0.15) is 6.54 Å². The van der Waals surface area contributed by atoms with Crippen LogP contribution in [0.4, 0.5) is 0 Å². The second-order valence-corrected chi connectivity index (χ2v) is 8.61. The molecular weight excluding hydrogens is 444 g/mol. The van der Waals surface area contributed by atoms with Crippen molar-refractivity contribution >= 4 is 34.2 Å². The third-order valence-corrected chi connectivity index (χ3v) is 6.10. The van der Waals surface area contributed by atoms with Gasteiger partial charge < -0.3 is 10.2 Å². The van der Waals surface area contributed by atoms with Crippen LogP contribution in [-0.4, -0.2) is 51.9 Å². The van der Waals surface area contributed by atoms with Crippen LogP contribution in [0.15, 0.2) is 52.1 Å².